The molecule has 1 saturated heterocycles. The van der Waals surface area contributed by atoms with E-state index in [0.29, 0.717) is 6.04 Å². The van der Waals surface area contributed by atoms with E-state index in [0.717, 1.165) is 42.2 Å². The normalized spacial score (nSPS) is 21.1. The van der Waals surface area contributed by atoms with Crippen molar-refractivity contribution in [1.82, 2.24) is 4.98 Å². The molecule has 1 aromatic heterocycles. The van der Waals surface area contributed by atoms with Gasteiger partial charge in [-0.15, -0.1) is 0 Å². The molecule has 0 saturated carbocycles. The molecule has 4 nitrogen and oxygen atoms in total. The summed E-state index contributed by atoms with van der Waals surface area (Å²) in [5.74, 6) is 0.873. The molecule has 0 spiro atoms. The van der Waals surface area contributed by atoms with E-state index in [4.69, 9.17) is 10.5 Å². The maximum Gasteiger partial charge on any atom is 0.152 e. The molecule has 1 atom stereocenters. The highest BCUT2D eigenvalue weighted by molar-refractivity contribution is 9.10. The lowest BCUT2D eigenvalue weighted by molar-refractivity contribution is 0.0926. The maximum atomic E-state index is 5.99. The molecule has 5 heteroatoms. The summed E-state index contributed by atoms with van der Waals surface area (Å²) in [6, 6.07) is 2.27. The van der Waals surface area contributed by atoms with Gasteiger partial charge < -0.3 is 15.4 Å². The molecule has 2 N–H and O–H groups in total. The third-order valence-electron chi connectivity index (χ3n) is 2.83. The lowest BCUT2D eigenvalue weighted by Gasteiger charge is -2.36. The second-order valence-corrected chi connectivity index (χ2v) is 4.81. The highest BCUT2D eigenvalue weighted by Crippen LogP contribution is 2.27. The van der Waals surface area contributed by atoms with Crippen LogP contribution >= 0.6 is 15.9 Å². The Balaban J connectivity index is 2.27. The zero-order valence-electron chi connectivity index (χ0n) is 9.32. The van der Waals surface area contributed by atoms with Gasteiger partial charge in [-0.3, -0.25) is 0 Å². The van der Waals surface area contributed by atoms with Gasteiger partial charge >= 0.3 is 0 Å². The van der Waals surface area contributed by atoms with Gasteiger partial charge in [-0.1, -0.05) is 6.92 Å². The number of morpholine rings is 1. The number of nitrogens with two attached hydrogens (primary N) is 1. The second kappa shape index (κ2) is 5.01. The third-order valence-corrected chi connectivity index (χ3v) is 3.27. The van der Waals surface area contributed by atoms with Crippen LogP contribution in [0.15, 0.2) is 16.7 Å². The molecule has 0 bridgehead atoms. The van der Waals surface area contributed by atoms with Crippen LogP contribution in [0.25, 0.3) is 0 Å². The minimum Gasteiger partial charge on any atom is -0.396 e. The van der Waals surface area contributed by atoms with Gasteiger partial charge in [0.05, 0.1) is 24.9 Å². The van der Waals surface area contributed by atoms with E-state index >= 15 is 0 Å². The summed E-state index contributed by atoms with van der Waals surface area (Å²) in [5, 5.41) is 0. The smallest absolute Gasteiger partial charge is 0.152 e. The van der Waals surface area contributed by atoms with Crippen molar-refractivity contribution in [1.29, 1.82) is 0 Å². The Bertz CT molecular complexity index is 372. The van der Waals surface area contributed by atoms with E-state index in [-0.39, 0.29) is 0 Å². The number of hydrogen-bond donors (Lipinski definition) is 1. The van der Waals surface area contributed by atoms with Crippen molar-refractivity contribution in [2.24, 2.45) is 0 Å². The average molecular weight is 286 g/mol. The largest absolute Gasteiger partial charge is 0.396 e. The van der Waals surface area contributed by atoms with Gasteiger partial charge in [-0.05, 0) is 28.4 Å². The summed E-state index contributed by atoms with van der Waals surface area (Å²) < 4.78 is 6.38. The molecule has 1 aliphatic rings. The van der Waals surface area contributed by atoms with Crippen LogP contribution in [0.3, 0.4) is 0 Å². The van der Waals surface area contributed by atoms with Crippen LogP contribution in [0.2, 0.25) is 0 Å². The summed E-state index contributed by atoms with van der Waals surface area (Å²) in [6.45, 7) is 4.51. The first kappa shape index (κ1) is 11.7. The van der Waals surface area contributed by atoms with Crippen molar-refractivity contribution in [3.05, 3.63) is 16.7 Å². The molecular weight excluding hydrogens is 270 g/mol. The van der Waals surface area contributed by atoms with E-state index in [1.165, 1.54) is 0 Å². The Morgan fingerprint density at radius 1 is 1.69 bits per heavy atom. The first-order valence-electron chi connectivity index (χ1n) is 5.47. The molecule has 1 aromatic rings. The zero-order chi connectivity index (χ0) is 11.5. The monoisotopic (exact) mass is 285 g/mol. The Morgan fingerprint density at radius 3 is 3.19 bits per heavy atom. The number of anilines is 2. The Kier molecular flexibility index (Phi) is 3.66. The van der Waals surface area contributed by atoms with Crippen LogP contribution in [-0.4, -0.2) is 30.8 Å². The molecule has 2 heterocycles. The summed E-state index contributed by atoms with van der Waals surface area (Å²) >= 11 is 3.37. The molecular formula is C11H16BrN3O. The van der Waals surface area contributed by atoms with Crippen LogP contribution in [0, 0.1) is 0 Å². The van der Waals surface area contributed by atoms with E-state index < -0.39 is 0 Å². The SMILES string of the molecule is CCC1COCCN1c1ncc(Br)cc1N. The minimum absolute atomic E-state index is 0.379. The van der Waals surface area contributed by atoms with Crippen molar-refractivity contribution in [3.63, 3.8) is 0 Å². The maximum absolute atomic E-state index is 5.99. The van der Waals surface area contributed by atoms with Crippen LogP contribution in [0.1, 0.15) is 13.3 Å². The first-order valence-corrected chi connectivity index (χ1v) is 6.27. The highest BCUT2D eigenvalue weighted by atomic mass is 79.9. The zero-order valence-corrected chi connectivity index (χ0v) is 10.9. The van der Waals surface area contributed by atoms with Crippen molar-refractivity contribution >= 4 is 27.4 Å². The number of nitrogen functional groups attached to an aromatic ring is 1. The van der Waals surface area contributed by atoms with E-state index in [1.54, 1.807) is 6.20 Å². The van der Waals surface area contributed by atoms with Gasteiger partial charge in [0.25, 0.3) is 0 Å². The number of ether oxygens (including phenoxy) is 1. The van der Waals surface area contributed by atoms with E-state index in [1.807, 2.05) is 6.07 Å². The Morgan fingerprint density at radius 2 is 2.50 bits per heavy atom. The number of rotatable bonds is 2. The van der Waals surface area contributed by atoms with Crippen molar-refractivity contribution < 1.29 is 4.74 Å². The molecule has 0 amide bonds. The van der Waals surface area contributed by atoms with E-state index in [2.05, 4.69) is 32.7 Å². The third kappa shape index (κ3) is 2.30. The topological polar surface area (TPSA) is 51.4 Å². The predicted molar refractivity (Wildman–Crippen MR) is 68.6 cm³/mol. The number of halogens is 1. The fourth-order valence-electron chi connectivity index (χ4n) is 1.96. The average Bonchev–Trinajstić information content (AvgIpc) is 2.29. The fourth-order valence-corrected chi connectivity index (χ4v) is 2.31. The molecule has 0 aliphatic carbocycles. The number of pyridine rings is 1. The van der Waals surface area contributed by atoms with Gasteiger partial charge in [-0.25, -0.2) is 4.98 Å². The summed E-state index contributed by atoms with van der Waals surface area (Å²) in [5.41, 5.74) is 6.71. The summed E-state index contributed by atoms with van der Waals surface area (Å²) in [4.78, 5) is 6.64. The summed E-state index contributed by atoms with van der Waals surface area (Å²) in [7, 11) is 0. The van der Waals surface area contributed by atoms with Crippen molar-refractivity contribution in [2.45, 2.75) is 19.4 Å². The molecule has 2 rings (SSSR count). The lowest BCUT2D eigenvalue weighted by atomic mass is 10.1. The molecule has 88 valence electrons. The highest BCUT2D eigenvalue weighted by Gasteiger charge is 2.24. The number of nitrogens with zero attached hydrogens (tertiary/aromatic N) is 2. The Hall–Kier alpha value is -0.810. The quantitative estimate of drug-likeness (QED) is 0.904. The van der Waals surface area contributed by atoms with Gasteiger partial charge in [0.15, 0.2) is 5.82 Å². The molecule has 1 fully saturated rings. The minimum atomic E-state index is 0.379. The van der Waals surface area contributed by atoms with E-state index in [9.17, 15) is 0 Å². The van der Waals surface area contributed by atoms with Gasteiger partial charge in [0.1, 0.15) is 0 Å². The Labute approximate surface area is 104 Å². The van der Waals surface area contributed by atoms with Crippen LogP contribution in [0.5, 0.6) is 0 Å². The molecule has 0 aromatic carbocycles. The summed E-state index contributed by atoms with van der Waals surface area (Å²) in [6.07, 6.45) is 2.82. The molecule has 1 unspecified atom stereocenters. The van der Waals surface area contributed by atoms with Crippen LogP contribution in [-0.2, 0) is 4.74 Å². The van der Waals surface area contributed by atoms with Gasteiger partial charge in [-0.2, -0.15) is 0 Å². The van der Waals surface area contributed by atoms with Gasteiger partial charge in [0, 0.05) is 17.2 Å². The number of hydrogen-bond acceptors (Lipinski definition) is 4. The van der Waals surface area contributed by atoms with Gasteiger partial charge in [0.2, 0.25) is 0 Å². The molecule has 16 heavy (non-hydrogen) atoms. The van der Waals surface area contributed by atoms with Crippen molar-refractivity contribution in [2.75, 3.05) is 30.4 Å². The first-order chi connectivity index (χ1) is 7.72. The lowest BCUT2D eigenvalue weighted by Crippen LogP contribution is -2.45. The van der Waals surface area contributed by atoms with Crippen molar-refractivity contribution in [3.8, 4) is 0 Å². The predicted octanol–water partition coefficient (Wildman–Crippen LogP) is 2.04. The number of aromatic nitrogens is 1. The molecule has 1 aliphatic heterocycles. The molecule has 0 radical (unpaired) electrons. The van der Waals surface area contributed by atoms with Crippen LogP contribution in [0.4, 0.5) is 11.5 Å². The van der Waals surface area contributed by atoms with Crippen LogP contribution < -0.4 is 10.6 Å². The fraction of sp³-hybridized carbons (Fsp3) is 0.545. The standard InChI is InChI=1S/C11H16BrN3O/c1-2-9-7-16-4-3-15(9)11-10(13)5-8(12)6-14-11/h5-6,9H,2-4,7,13H2,1H3. The second-order valence-electron chi connectivity index (χ2n) is 3.90.